The van der Waals surface area contributed by atoms with Gasteiger partial charge >= 0.3 is 0 Å². The van der Waals surface area contributed by atoms with Crippen LogP contribution in [0.1, 0.15) is 36.8 Å². The van der Waals surface area contributed by atoms with Crippen molar-refractivity contribution in [2.45, 2.75) is 44.9 Å². The summed E-state index contributed by atoms with van der Waals surface area (Å²) in [4.78, 5) is 6.64. The molecule has 0 bridgehead atoms. The molecule has 3 rings (SSSR count). The van der Waals surface area contributed by atoms with Crippen molar-refractivity contribution in [2.75, 3.05) is 19.6 Å². The minimum absolute atomic E-state index is 0.442. The Kier molecular flexibility index (Phi) is 5.33. The first-order valence-electron chi connectivity index (χ1n) is 8.67. The van der Waals surface area contributed by atoms with E-state index in [4.69, 9.17) is 4.42 Å². The van der Waals surface area contributed by atoms with Crippen LogP contribution < -0.4 is 5.32 Å². The van der Waals surface area contributed by atoms with E-state index in [2.05, 4.69) is 21.3 Å². The molecule has 2 N–H and O–H groups in total. The zero-order chi connectivity index (χ0) is 17.0. The number of likely N-dealkylation sites (tertiary alicyclic amines) is 1. The normalized spacial score (nSPS) is 19.3. The largest absolute Gasteiger partial charge is 0.463 e. The van der Waals surface area contributed by atoms with Crippen LogP contribution in [0.25, 0.3) is 0 Å². The lowest BCUT2D eigenvalue weighted by Crippen LogP contribution is -2.46. The van der Waals surface area contributed by atoms with Gasteiger partial charge in [-0.2, -0.15) is 0 Å². The van der Waals surface area contributed by atoms with Gasteiger partial charge < -0.3 is 14.8 Å². The van der Waals surface area contributed by atoms with Crippen LogP contribution in [0, 0.1) is 6.92 Å². The Bertz CT molecular complexity index is 631. The van der Waals surface area contributed by atoms with Crippen LogP contribution in [0.15, 0.2) is 41.1 Å². The topological polar surface area (TPSA) is 61.5 Å². The highest BCUT2D eigenvalue weighted by atomic mass is 16.4. The maximum Gasteiger partial charge on any atom is 0.136 e. The van der Waals surface area contributed by atoms with Gasteiger partial charge in [0.25, 0.3) is 0 Å². The average Bonchev–Trinajstić information content (AvgIpc) is 3.03. The van der Waals surface area contributed by atoms with Crippen LogP contribution in [0.5, 0.6) is 0 Å². The van der Waals surface area contributed by atoms with Crippen LogP contribution in [0.4, 0.5) is 0 Å². The van der Waals surface area contributed by atoms with Gasteiger partial charge in [-0.3, -0.25) is 9.88 Å². The van der Waals surface area contributed by atoms with E-state index in [1.54, 1.807) is 6.92 Å². The summed E-state index contributed by atoms with van der Waals surface area (Å²) in [6, 6.07) is 8.30. The van der Waals surface area contributed by atoms with Crippen LogP contribution in [-0.4, -0.2) is 40.7 Å². The molecule has 5 heteroatoms. The Balaban J connectivity index is 1.44. The molecule has 1 atom stereocenters. The van der Waals surface area contributed by atoms with Gasteiger partial charge in [0.15, 0.2) is 0 Å². The Morgan fingerprint density at radius 1 is 1.33 bits per heavy atom. The second kappa shape index (κ2) is 7.47. The van der Waals surface area contributed by atoms with E-state index < -0.39 is 5.60 Å². The van der Waals surface area contributed by atoms with Gasteiger partial charge in [-0.25, -0.2) is 0 Å². The van der Waals surface area contributed by atoms with Gasteiger partial charge in [0.1, 0.15) is 17.1 Å². The summed E-state index contributed by atoms with van der Waals surface area (Å²) in [5.41, 5.74) is 0.293. The zero-order valence-electron chi connectivity index (χ0n) is 14.5. The molecule has 130 valence electrons. The molecule has 0 saturated carbocycles. The van der Waals surface area contributed by atoms with Gasteiger partial charge in [-0.1, -0.05) is 6.07 Å². The number of nitrogens with one attached hydrogen (secondary N) is 1. The van der Waals surface area contributed by atoms with E-state index in [1.807, 2.05) is 37.5 Å². The minimum atomic E-state index is -0.971. The fourth-order valence-corrected chi connectivity index (χ4v) is 3.20. The molecule has 2 aromatic rings. The summed E-state index contributed by atoms with van der Waals surface area (Å²) in [7, 11) is 0. The fourth-order valence-electron chi connectivity index (χ4n) is 3.20. The van der Waals surface area contributed by atoms with E-state index in [9.17, 15) is 5.11 Å². The quantitative estimate of drug-likeness (QED) is 0.852. The van der Waals surface area contributed by atoms with Gasteiger partial charge in [-0.05, 0) is 63.5 Å². The number of hydrogen-bond donors (Lipinski definition) is 2. The van der Waals surface area contributed by atoms with Crippen molar-refractivity contribution in [1.82, 2.24) is 15.2 Å². The molecule has 1 aliphatic rings. The molecule has 5 nitrogen and oxygen atoms in total. The van der Waals surface area contributed by atoms with Gasteiger partial charge in [0.05, 0.1) is 0 Å². The highest BCUT2D eigenvalue weighted by Gasteiger charge is 2.28. The van der Waals surface area contributed by atoms with Crippen molar-refractivity contribution in [3.63, 3.8) is 0 Å². The SMILES string of the molecule is Cc1ccc([C@@](C)(O)CNC2CCN(Cc3cccnc3)CC2)o1. The average molecular weight is 329 g/mol. The first kappa shape index (κ1) is 17.1. The monoisotopic (exact) mass is 329 g/mol. The zero-order valence-corrected chi connectivity index (χ0v) is 14.5. The highest BCUT2D eigenvalue weighted by Crippen LogP contribution is 2.23. The van der Waals surface area contributed by atoms with Gasteiger partial charge in [0.2, 0.25) is 0 Å². The molecule has 24 heavy (non-hydrogen) atoms. The highest BCUT2D eigenvalue weighted by molar-refractivity contribution is 5.13. The molecule has 1 saturated heterocycles. The lowest BCUT2D eigenvalue weighted by atomic mass is 10.0. The number of furan rings is 1. The van der Waals surface area contributed by atoms with E-state index in [-0.39, 0.29) is 0 Å². The van der Waals surface area contributed by atoms with Crippen molar-refractivity contribution >= 4 is 0 Å². The predicted molar refractivity (Wildman–Crippen MR) is 93.6 cm³/mol. The van der Waals surface area contributed by atoms with Crippen molar-refractivity contribution in [3.8, 4) is 0 Å². The molecular formula is C19H27N3O2. The fraction of sp³-hybridized carbons (Fsp3) is 0.526. The molecule has 1 fully saturated rings. The van der Waals surface area contributed by atoms with E-state index in [1.165, 1.54) is 5.56 Å². The maximum absolute atomic E-state index is 10.6. The predicted octanol–water partition coefficient (Wildman–Crippen LogP) is 2.44. The standard InChI is InChI=1S/C19H27N3O2/c1-15-5-6-18(24-15)19(2,23)14-21-17-7-10-22(11-8-17)13-16-4-3-9-20-12-16/h3-6,9,12,17,21,23H,7-8,10-11,13-14H2,1-2H3/t19-/m0/s1. The number of rotatable bonds is 6. The molecule has 0 aromatic carbocycles. The van der Waals surface area contributed by atoms with E-state index in [0.29, 0.717) is 18.3 Å². The third-order valence-corrected chi connectivity index (χ3v) is 4.72. The lowest BCUT2D eigenvalue weighted by Gasteiger charge is -2.34. The summed E-state index contributed by atoms with van der Waals surface area (Å²) in [5, 5.41) is 14.1. The van der Waals surface area contributed by atoms with Crippen molar-refractivity contribution in [2.24, 2.45) is 0 Å². The molecular weight excluding hydrogens is 302 g/mol. The summed E-state index contributed by atoms with van der Waals surface area (Å²) in [6.45, 7) is 7.29. The summed E-state index contributed by atoms with van der Waals surface area (Å²) >= 11 is 0. The Hall–Kier alpha value is -1.69. The molecule has 0 aliphatic carbocycles. The van der Waals surface area contributed by atoms with Gasteiger partial charge in [0, 0.05) is 31.5 Å². The number of aromatic nitrogens is 1. The number of hydrogen-bond acceptors (Lipinski definition) is 5. The number of nitrogens with zero attached hydrogens (tertiary/aromatic N) is 2. The number of aliphatic hydroxyl groups is 1. The first-order valence-corrected chi connectivity index (χ1v) is 8.67. The third-order valence-electron chi connectivity index (χ3n) is 4.72. The molecule has 3 heterocycles. The maximum atomic E-state index is 10.6. The second-order valence-electron chi connectivity index (χ2n) is 6.98. The number of aryl methyl sites for hydroxylation is 1. The summed E-state index contributed by atoms with van der Waals surface area (Å²) < 4.78 is 5.57. The van der Waals surface area contributed by atoms with Crippen molar-refractivity contribution in [3.05, 3.63) is 53.7 Å². The lowest BCUT2D eigenvalue weighted by molar-refractivity contribution is 0.0280. The number of pyridine rings is 1. The van der Waals surface area contributed by atoms with Crippen LogP contribution in [0.3, 0.4) is 0 Å². The first-order chi connectivity index (χ1) is 11.5. The second-order valence-corrected chi connectivity index (χ2v) is 6.98. The third kappa shape index (κ3) is 4.44. The van der Waals surface area contributed by atoms with Crippen molar-refractivity contribution in [1.29, 1.82) is 0 Å². The molecule has 0 unspecified atom stereocenters. The van der Waals surface area contributed by atoms with Crippen LogP contribution in [0.2, 0.25) is 0 Å². The molecule has 0 amide bonds. The van der Waals surface area contributed by atoms with E-state index >= 15 is 0 Å². The number of piperidine rings is 1. The minimum Gasteiger partial charge on any atom is -0.463 e. The molecule has 2 aromatic heterocycles. The molecule has 1 aliphatic heterocycles. The summed E-state index contributed by atoms with van der Waals surface area (Å²) in [5.74, 6) is 1.45. The van der Waals surface area contributed by atoms with E-state index in [0.717, 1.165) is 38.2 Å². The Morgan fingerprint density at radius 2 is 2.12 bits per heavy atom. The molecule has 0 spiro atoms. The Labute approximate surface area is 143 Å². The van der Waals surface area contributed by atoms with Crippen LogP contribution in [-0.2, 0) is 12.1 Å². The summed E-state index contributed by atoms with van der Waals surface area (Å²) in [6.07, 6.45) is 5.93. The van der Waals surface area contributed by atoms with Crippen molar-refractivity contribution < 1.29 is 9.52 Å². The Morgan fingerprint density at radius 3 is 2.75 bits per heavy atom. The molecule has 0 radical (unpaired) electrons. The van der Waals surface area contributed by atoms with Crippen LogP contribution >= 0.6 is 0 Å². The smallest absolute Gasteiger partial charge is 0.136 e. The van der Waals surface area contributed by atoms with Gasteiger partial charge in [-0.15, -0.1) is 0 Å².